The van der Waals surface area contributed by atoms with Gasteiger partial charge in [0.15, 0.2) is 6.61 Å². The molecule has 0 saturated heterocycles. The summed E-state index contributed by atoms with van der Waals surface area (Å²) in [6.07, 6.45) is 11.2. The molecular weight excluding hydrogens is 532 g/mol. The van der Waals surface area contributed by atoms with Gasteiger partial charge in [-0.3, -0.25) is 9.59 Å². The first-order valence-corrected chi connectivity index (χ1v) is 13.4. The first kappa shape index (κ1) is 28.9. The second-order valence-electron chi connectivity index (χ2n) is 8.46. The molecule has 0 radical (unpaired) electrons. The Labute approximate surface area is 221 Å². The van der Waals surface area contributed by atoms with Crippen LogP contribution in [0.15, 0.2) is 46.9 Å². The molecule has 2 rings (SSSR count). The van der Waals surface area contributed by atoms with Crippen molar-refractivity contribution in [3.05, 3.63) is 57.5 Å². The third kappa shape index (κ3) is 11.7. The lowest BCUT2D eigenvalue weighted by atomic mass is 10.1. The van der Waals surface area contributed by atoms with Gasteiger partial charge < -0.3 is 15.4 Å². The van der Waals surface area contributed by atoms with E-state index in [2.05, 4.69) is 33.5 Å². The van der Waals surface area contributed by atoms with E-state index in [1.807, 2.05) is 0 Å². The van der Waals surface area contributed by atoms with Crippen LogP contribution in [0.2, 0.25) is 5.02 Å². The summed E-state index contributed by atoms with van der Waals surface area (Å²) in [4.78, 5) is 36.7. The number of carbonyl (C=O) groups excluding carboxylic acids is 3. The van der Waals surface area contributed by atoms with Crippen LogP contribution in [0.5, 0.6) is 0 Å². The predicted molar refractivity (Wildman–Crippen MR) is 145 cm³/mol. The first-order chi connectivity index (χ1) is 16.9. The van der Waals surface area contributed by atoms with Crippen LogP contribution in [0.1, 0.15) is 81.5 Å². The van der Waals surface area contributed by atoms with E-state index in [1.165, 1.54) is 38.5 Å². The van der Waals surface area contributed by atoms with Crippen molar-refractivity contribution in [3.63, 3.8) is 0 Å². The minimum Gasteiger partial charge on any atom is -0.452 e. The molecule has 8 heteroatoms. The Balaban J connectivity index is 1.69. The third-order valence-corrected chi connectivity index (χ3v) is 6.66. The van der Waals surface area contributed by atoms with Gasteiger partial charge in [-0.25, -0.2) is 4.79 Å². The first-order valence-electron chi connectivity index (χ1n) is 12.2. The molecule has 2 N–H and O–H groups in total. The molecule has 0 spiro atoms. The fourth-order valence-electron chi connectivity index (χ4n) is 3.53. The lowest BCUT2D eigenvalue weighted by molar-refractivity contribution is -0.119. The lowest BCUT2D eigenvalue weighted by Gasteiger charge is -2.09. The Bertz CT molecular complexity index is 983. The molecular formula is C27H34BrClN2O4. The smallest absolute Gasteiger partial charge is 0.338 e. The number of carbonyl (C=O) groups is 3. The molecule has 190 valence electrons. The highest BCUT2D eigenvalue weighted by molar-refractivity contribution is 9.10. The van der Waals surface area contributed by atoms with Gasteiger partial charge in [-0.2, -0.15) is 0 Å². The summed E-state index contributed by atoms with van der Waals surface area (Å²) in [6, 6.07) is 11.5. The predicted octanol–water partition coefficient (Wildman–Crippen LogP) is 7.76. The maximum absolute atomic E-state index is 12.4. The number of amides is 2. The molecule has 0 heterocycles. The molecule has 0 aliphatic rings. The Hall–Kier alpha value is -2.38. The van der Waals surface area contributed by atoms with Gasteiger partial charge in [0.2, 0.25) is 5.91 Å². The van der Waals surface area contributed by atoms with Crippen LogP contribution in [0.3, 0.4) is 0 Å². The number of unbranched alkanes of at least 4 members (excludes halogenated alkanes) is 8. The number of hydrogen-bond donors (Lipinski definition) is 2. The van der Waals surface area contributed by atoms with Gasteiger partial charge in [0.05, 0.1) is 10.6 Å². The van der Waals surface area contributed by atoms with Crippen LogP contribution in [0, 0.1) is 0 Å². The second kappa shape index (κ2) is 16.3. The largest absolute Gasteiger partial charge is 0.452 e. The van der Waals surface area contributed by atoms with Crippen LogP contribution in [0.4, 0.5) is 11.4 Å². The molecule has 2 aromatic carbocycles. The summed E-state index contributed by atoms with van der Waals surface area (Å²) in [6.45, 7) is 1.78. The maximum Gasteiger partial charge on any atom is 0.338 e. The van der Waals surface area contributed by atoms with E-state index in [0.29, 0.717) is 27.3 Å². The van der Waals surface area contributed by atoms with Gasteiger partial charge in [0.25, 0.3) is 5.91 Å². The van der Waals surface area contributed by atoms with Gasteiger partial charge in [-0.1, -0.05) is 76.0 Å². The Kier molecular flexibility index (Phi) is 13.5. The van der Waals surface area contributed by atoms with E-state index < -0.39 is 18.5 Å². The average molecular weight is 566 g/mol. The van der Waals surface area contributed by atoms with Gasteiger partial charge in [-0.15, -0.1) is 0 Å². The van der Waals surface area contributed by atoms with Crippen molar-refractivity contribution in [3.8, 4) is 0 Å². The number of ether oxygens (including phenoxy) is 1. The second-order valence-corrected chi connectivity index (χ2v) is 9.72. The quantitative estimate of drug-likeness (QED) is 0.171. The standard InChI is InChI=1S/C27H34BrClN2O4/c1-2-3-4-5-6-7-8-9-10-14-25(32)30-21-13-11-12-20(17-21)27(34)35-19-26(33)31-22-15-16-23(28)24(29)18-22/h11-13,15-18H,2-10,14,19H2,1H3,(H,30,32)(H,31,33). The minimum atomic E-state index is -0.649. The zero-order chi connectivity index (χ0) is 25.5. The molecule has 0 aliphatic carbocycles. The molecule has 0 saturated carbocycles. The molecule has 35 heavy (non-hydrogen) atoms. The Morgan fingerprint density at radius 3 is 2.14 bits per heavy atom. The SMILES string of the molecule is CCCCCCCCCCCC(=O)Nc1cccc(C(=O)OCC(=O)Nc2ccc(Br)c(Cl)c2)c1. The molecule has 0 aromatic heterocycles. The van der Waals surface area contributed by atoms with Crippen LogP contribution < -0.4 is 10.6 Å². The fraction of sp³-hybridized carbons (Fsp3) is 0.444. The number of halogens is 2. The van der Waals surface area contributed by atoms with Crippen LogP contribution in [-0.4, -0.2) is 24.4 Å². The molecule has 0 bridgehead atoms. The molecule has 0 atom stereocenters. The zero-order valence-corrected chi connectivity index (χ0v) is 22.6. The van der Waals surface area contributed by atoms with Crippen molar-refractivity contribution in [2.24, 2.45) is 0 Å². The number of benzene rings is 2. The summed E-state index contributed by atoms with van der Waals surface area (Å²) in [5.41, 5.74) is 1.27. The van der Waals surface area contributed by atoms with Gasteiger partial charge >= 0.3 is 5.97 Å². The summed E-state index contributed by atoms with van der Waals surface area (Å²) < 4.78 is 5.82. The maximum atomic E-state index is 12.4. The van der Waals surface area contributed by atoms with Crippen LogP contribution in [0.25, 0.3) is 0 Å². The van der Waals surface area contributed by atoms with Crippen molar-refractivity contribution >= 4 is 56.7 Å². The number of esters is 1. The number of rotatable bonds is 15. The summed E-state index contributed by atoms with van der Waals surface area (Å²) in [5, 5.41) is 5.90. The molecule has 6 nitrogen and oxygen atoms in total. The number of nitrogens with one attached hydrogen (secondary N) is 2. The third-order valence-electron chi connectivity index (χ3n) is 5.43. The summed E-state index contributed by atoms with van der Waals surface area (Å²) >= 11 is 9.29. The van der Waals surface area contributed by atoms with Gasteiger partial charge in [0, 0.05) is 22.3 Å². The van der Waals surface area contributed by atoms with E-state index in [1.54, 1.807) is 42.5 Å². The van der Waals surface area contributed by atoms with Crippen molar-refractivity contribution in [2.45, 2.75) is 71.1 Å². The molecule has 2 aromatic rings. The van der Waals surface area contributed by atoms with E-state index >= 15 is 0 Å². The Morgan fingerprint density at radius 2 is 1.46 bits per heavy atom. The Morgan fingerprint density at radius 1 is 0.829 bits per heavy atom. The van der Waals surface area contributed by atoms with E-state index in [4.69, 9.17) is 16.3 Å². The lowest BCUT2D eigenvalue weighted by Crippen LogP contribution is -2.21. The van der Waals surface area contributed by atoms with Crippen molar-refractivity contribution in [1.82, 2.24) is 0 Å². The van der Waals surface area contributed by atoms with E-state index in [0.717, 1.165) is 19.3 Å². The average Bonchev–Trinajstić information content (AvgIpc) is 2.84. The number of hydrogen-bond acceptors (Lipinski definition) is 4. The highest BCUT2D eigenvalue weighted by Crippen LogP contribution is 2.25. The van der Waals surface area contributed by atoms with Crippen molar-refractivity contribution < 1.29 is 19.1 Å². The molecule has 0 fully saturated rings. The minimum absolute atomic E-state index is 0.0778. The summed E-state index contributed by atoms with van der Waals surface area (Å²) in [7, 11) is 0. The monoisotopic (exact) mass is 564 g/mol. The summed E-state index contributed by atoms with van der Waals surface area (Å²) in [5.74, 6) is -1.21. The highest BCUT2D eigenvalue weighted by atomic mass is 79.9. The molecule has 0 aliphatic heterocycles. The van der Waals surface area contributed by atoms with Gasteiger partial charge in [0.1, 0.15) is 0 Å². The molecule has 0 unspecified atom stereocenters. The van der Waals surface area contributed by atoms with E-state index in [-0.39, 0.29) is 11.5 Å². The van der Waals surface area contributed by atoms with Crippen LogP contribution >= 0.6 is 27.5 Å². The normalized spacial score (nSPS) is 10.6. The fourth-order valence-corrected chi connectivity index (χ4v) is 3.96. The van der Waals surface area contributed by atoms with Crippen molar-refractivity contribution in [1.29, 1.82) is 0 Å². The topological polar surface area (TPSA) is 84.5 Å². The number of anilines is 2. The van der Waals surface area contributed by atoms with E-state index in [9.17, 15) is 14.4 Å². The van der Waals surface area contributed by atoms with Crippen LogP contribution in [-0.2, 0) is 14.3 Å². The van der Waals surface area contributed by atoms with Crippen molar-refractivity contribution in [2.75, 3.05) is 17.2 Å². The highest BCUT2D eigenvalue weighted by Gasteiger charge is 2.12. The zero-order valence-electron chi connectivity index (χ0n) is 20.2. The van der Waals surface area contributed by atoms with Gasteiger partial charge in [-0.05, 0) is 58.7 Å². The molecule has 2 amide bonds.